The highest BCUT2D eigenvalue weighted by atomic mass is 16.5. The van der Waals surface area contributed by atoms with Crippen molar-refractivity contribution in [1.29, 1.82) is 0 Å². The van der Waals surface area contributed by atoms with E-state index in [0.29, 0.717) is 36.9 Å². The van der Waals surface area contributed by atoms with E-state index in [1.54, 1.807) is 19.2 Å². The molecule has 1 saturated heterocycles. The predicted octanol–water partition coefficient (Wildman–Crippen LogP) is 4.51. The Morgan fingerprint density at radius 3 is 2.54 bits per heavy atom. The molecule has 2 aromatic carbocycles. The maximum atomic E-state index is 13.5. The van der Waals surface area contributed by atoms with Gasteiger partial charge in [0.15, 0.2) is 0 Å². The fraction of sp³-hybridized carbons (Fsp3) is 0.533. The number of fused-ring (bicyclic) bond motifs is 1. The zero-order chi connectivity index (χ0) is 26.3. The Labute approximate surface area is 220 Å². The van der Waals surface area contributed by atoms with Gasteiger partial charge in [-0.2, -0.15) is 0 Å². The van der Waals surface area contributed by atoms with Crippen LogP contribution in [0.3, 0.4) is 0 Å². The summed E-state index contributed by atoms with van der Waals surface area (Å²) in [6, 6.07) is 13.7. The normalized spacial score (nSPS) is 19.4. The summed E-state index contributed by atoms with van der Waals surface area (Å²) in [4.78, 5) is 28.5. The molecule has 2 aromatic rings. The number of nitrogens with one attached hydrogen (secondary N) is 2. The Balaban J connectivity index is 1.41. The Morgan fingerprint density at radius 1 is 1.00 bits per heavy atom. The molecule has 1 fully saturated rings. The molecule has 7 heteroatoms. The van der Waals surface area contributed by atoms with Crippen molar-refractivity contribution >= 4 is 11.8 Å². The van der Waals surface area contributed by atoms with E-state index in [1.165, 1.54) is 11.1 Å². The van der Waals surface area contributed by atoms with Crippen molar-refractivity contribution in [2.45, 2.75) is 58.4 Å². The first-order valence-electron chi connectivity index (χ1n) is 13.6. The lowest BCUT2D eigenvalue weighted by Gasteiger charge is -2.41. The highest BCUT2D eigenvalue weighted by Crippen LogP contribution is 2.38. The van der Waals surface area contributed by atoms with Crippen molar-refractivity contribution in [3.05, 3.63) is 59.2 Å². The van der Waals surface area contributed by atoms with Gasteiger partial charge in [-0.15, -0.1) is 0 Å². The van der Waals surface area contributed by atoms with Crippen LogP contribution in [0.2, 0.25) is 0 Å². The molecular weight excluding hydrogens is 466 g/mol. The number of amides is 2. The van der Waals surface area contributed by atoms with E-state index >= 15 is 0 Å². The SMILES string of the molecule is COc1ccc(C(C)C)cc1CN1CCC2(CCCCNC(=O)c3ccccc3OCCNC2=O)CC1. The number of para-hydroxylation sites is 1. The molecule has 7 nitrogen and oxygen atoms in total. The maximum Gasteiger partial charge on any atom is 0.255 e. The Kier molecular flexibility index (Phi) is 9.09. The van der Waals surface area contributed by atoms with Gasteiger partial charge in [-0.1, -0.05) is 44.5 Å². The molecule has 0 saturated carbocycles. The number of hydrogen-bond donors (Lipinski definition) is 2. The van der Waals surface area contributed by atoms with Crippen molar-refractivity contribution < 1.29 is 19.1 Å². The first kappa shape index (κ1) is 27.0. The monoisotopic (exact) mass is 507 g/mol. The first-order valence-corrected chi connectivity index (χ1v) is 13.6. The van der Waals surface area contributed by atoms with Gasteiger partial charge in [0, 0.05) is 18.7 Å². The highest BCUT2D eigenvalue weighted by molar-refractivity contribution is 5.96. The zero-order valence-electron chi connectivity index (χ0n) is 22.5. The van der Waals surface area contributed by atoms with Crippen molar-refractivity contribution in [1.82, 2.24) is 15.5 Å². The molecule has 2 aliphatic rings. The third-order valence-electron chi connectivity index (χ3n) is 7.80. The summed E-state index contributed by atoms with van der Waals surface area (Å²) in [7, 11) is 1.73. The van der Waals surface area contributed by atoms with Gasteiger partial charge >= 0.3 is 0 Å². The second kappa shape index (κ2) is 12.5. The molecule has 2 N–H and O–H groups in total. The number of ether oxygens (including phenoxy) is 2. The lowest BCUT2D eigenvalue weighted by atomic mass is 9.73. The molecule has 0 aliphatic carbocycles. The van der Waals surface area contributed by atoms with Crippen LogP contribution in [0.4, 0.5) is 0 Å². The number of piperidine rings is 1. The molecule has 1 spiro atoms. The third kappa shape index (κ3) is 6.63. The molecule has 0 bridgehead atoms. The summed E-state index contributed by atoms with van der Waals surface area (Å²) in [5, 5.41) is 6.15. The fourth-order valence-electron chi connectivity index (χ4n) is 5.43. The van der Waals surface area contributed by atoms with Crippen LogP contribution < -0.4 is 20.1 Å². The van der Waals surface area contributed by atoms with Gasteiger partial charge in [-0.25, -0.2) is 0 Å². The molecule has 37 heavy (non-hydrogen) atoms. The van der Waals surface area contributed by atoms with Gasteiger partial charge in [0.25, 0.3) is 5.91 Å². The van der Waals surface area contributed by atoms with E-state index in [9.17, 15) is 9.59 Å². The van der Waals surface area contributed by atoms with Gasteiger partial charge in [-0.3, -0.25) is 14.5 Å². The Bertz CT molecular complexity index is 1080. The van der Waals surface area contributed by atoms with E-state index in [1.807, 2.05) is 12.1 Å². The van der Waals surface area contributed by atoms with E-state index in [4.69, 9.17) is 9.47 Å². The van der Waals surface area contributed by atoms with Crippen molar-refractivity contribution in [3.8, 4) is 11.5 Å². The minimum atomic E-state index is -0.383. The number of nitrogens with zero attached hydrogens (tertiary/aromatic N) is 1. The zero-order valence-corrected chi connectivity index (χ0v) is 22.5. The molecular formula is C30H41N3O4. The van der Waals surface area contributed by atoms with Gasteiger partial charge in [-0.05, 0) is 68.5 Å². The van der Waals surface area contributed by atoms with Crippen LogP contribution in [0.25, 0.3) is 0 Å². The van der Waals surface area contributed by atoms with E-state index in [0.717, 1.165) is 57.5 Å². The number of rotatable bonds is 4. The van der Waals surface area contributed by atoms with Crippen molar-refractivity contribution in [3.63, 3.8) is 0 Å². The number of hydrogen-bond acceptors (Lipinski definition) is 5. The van der Waals surface area contributed by atoms with Crippen molar-refractivity contribution in [2.75, 3.05) is 39.9 Å². The third-order valence-corrected chi connectivity index (χ3v) is 7.80. The number of likely N-dealkylation sites (tertiary alicyclic amines) is 1. The van der Waals surface area contributed by atoms with Crippen LogP contribution in [0, 0.1) is 5.41 Å². The lowest BCUT2D eigenvalue weighted by Crippen LogP contribution is -2.49. The lowest BCUT2D eigenvalue weighted by molar-refractivity contribution is -0.134. The molecule has 200 valence electrons. The second-order valence-corrected chi connectivity index (χ2v) is 10.6. The van der Waals surface area contributed by atoms with Crippen LogP contribution in [-0.4, -0.2) is 56.6 Å². The largest absolute Gasteiger partial charge is 0.496 e. The molecule has 4 rings (SSSR count). The standard InChI is InChI=1S/C30H41N3O4/c1-22(2)23-10-11-26(36-3)24(20-23)21-33-17-13-30(14-18-33)12-6-7-15-31-28(34)25-8-4-5-9-27(25)37-19-16-32-29(30)35/h4-5,8-11,20,22H,6-7,12-19,21H2,1-3H3,(H,31,34)(H,32,35). The Hall–Kier alpha value is -3.06. The second-order valence-electron chi connectivity index (χ2n) is 10.6. The maximum absolute atomic E-state index is 13.5. The topological polar surface area (TPSA) is 79.9 Å². The quantitative estimate of drug-likeness (QED) is 0.637. The summed E-state index contributed by atoms with van der Waals surface area (Å²) < 4.78 is 11.5. The summed E-state index contributed by atoms with van der Waals surface area (Å²) in [6.45, 7) is 8.29. The molecule has 0 atom stereocenters. The van der Waals surface area contributed by atoms with Crippen LogP contribution >= 0.6 is 0 Å². The molecule has 0 radical (unpaired) electrons. The predicted molar refractivity (Wildman–Crippen MR) is 145 cm³/mol. The number of carbonyl (C=O) groups excluding carboxylic acids is 2. The summed E-state index contributed by atoms with van der Waals surface area (Å²) >= 11 is 0. The van der Waals surface area contributed by atoms with Gasteiger partial charge in [0.1, 0.15) is 18.1 Å². The number of carbonyl (C=O) groups is 2. The van der Waals surface area contributed by atoms with Gasteiger partial charge in [0.2, 0.25) is 5.91 Å². The van der Waals surface area contributed by atoms with E-state index in [-0.39, 0.29) is 17.2 Å². The average Bonchev–Trinajstić information content (AvgIpc) is 2.91. The first-order chi connectivity index (χ1) is 17.9. The fourth-order valence-corrected chi connectivity index (χ4v) is 5.43. The van der Waals surface area contributed by atoms with Crippen LogP contribution in [0.5, 0.6) is 11.5 Å². The number of methoxy groups -OCH3 is 1. The molecule has 2 amide bonds. The molecule has 2 aliphatic heterocycles. The molecule has 0 unspecified atom stereocenters. The Morgan fingerprint density at radius 2 is 1.78 bits per heavy atom. The average molecular weight is 508 g/mol. The van der Waals surface area contributed by atoms with Crippen LogP contribution in [0.15, 0.2) is 42.5 Å². The van der Waals surface area contributed by atoms with Gasteiger partial charge in [0.05, 0.1) is 24.6 Å². The number of benzene rings is 2. The van der Waals surface area contributed by atoms with Crippen molar-refractivity contribution in [2.24, 2.45) is 5.41 Å². The van der Waals surface area contributed by atoms with E-state index in [2.05, 4.69) is 47.6 Å². The summed E-state index contributed by atoms with van der Waals surface area (Å²) in [6.07, 6.45) is 4.21. The smallest absolute Gasteiger partial charge is 0.255 e. The summed E-state index contributed by atoms with van der Waals surface area (Å²) in [5.74, 6) is 1.95. The minimum absolute atomic E-state index is 0.114. The molecule has 0 aromatic heterocycles. The highest BCUT2D eigenvalue weighted by Gasteiger charge is 2.40. The minimum Gasteiger partial charge on any atom is -0.496 e. The summed E-state index contributed by atoms with van der Waals surface area (Å²) in [5.41, 5.74) is 2.66. The van der Waals surface area contributed by atoms with Crippen LogP contribution in [0.1, 0.15) is 73.4 Å². The van der Waals surface area contributed by atoms with Gasteiger partial charge < -0.3 is 20.1 Å². The van der Waals surface area contributed by atoms with Crippen LogP contribution in [-0.2, 0) is 11.3 Å². The molecule has 2 heterocycles. The van der Waals surface area contributed by atoms with E-state index < -0.39 is 0 Å².